The summed E-state index contributed by atoms with van der Waals surface area (Å²) >= 11 is 9.11. The molecule has 15 heavy (non-hydrogen) atoms. The molecule has 0 bridgehead atoms. The first-order valence-corrected chi connectivity index (χ1v) is 5.93. The highest BCUT2D eigenvalue weighted by molar-refractivity contribution is 9.10. The van der Waals surface area contributed by atoms with Gasteiger partial charge in [-0.3, -0.25) is 0 Å². The minimum atomic E-state index is 0.350. The highest BCUT2D eigenvalue weighted by Gasteiger charge is 2.08. The Morgan fingerprint density at radius 3 is 2.73 bits per heavy atom. The minimum absolute atomic E-state index is 0.350. The molecule has 0 spiro atoms. The minimum Gasteiger partial charge on any atom is -0.488 e. The summed E-state index contributed by atoms with van der Waals surface area (Å²) in [6.45, 7) is 8.20. The van der Waals surface area contributed by atoms with E-state index in [-0.39, 0.29) is 0 Å². The van der Waals surface area contributed by atoms with Gasteiger partial charge >= 0.3 is 0 Å². The lowest BCUT2D eigenvalue weighted by Crippen LogP contribution is -2.00. The molecule has 1 aromatic rings. The van der Waals surface area contributed by atoms with Crippen LogP contribution in [0.4, 0.5) is 0 Å². The summed E-state index contributed by atoms with van der Waals surface area (Å²) < 4.78 is 6.62. The van der Waals surface area contributed by atoms with Gasteiger partial charge in [0.25, 0.3) is 0 Å². The van der Waals surface area contributed by atoms with Gasteiger partial charge in [0.05, 0.1) is 0 Å². The van der Waals surface area contributed by atoms with E-state index >= 15 is 0 Å². The second kappa shape index (κ2) is 5.57. The van der Waals surface area contributed by atoms with Crippen molar-refractivity contribution in [2.24, 2.45) is 0 Å². The highest BCUT2D eigenvalue weighted by Crippen LogP contribution is 2.29. The van der Waals surface area contributed by atoms with Gasteiger partial charge in [-0.25, -0.2) is 0 Å². The van der Waals surface area contributed by atoms with Crippen LogP contribution in [0, 0.1) is 0 Å². The van der Waals surface area contributed by atoms with Crippen LogP contribution >= 0.6 is 27.5 Å². The molecular formula is C12H14BrClO. The van der Waals surface area contributed by atoms with Gasteiger partial charge in [0.15, 0.2) is 0 Å². The molecule has 82 valence electrons. The van der Waals surface area contributed by atoms with Crippen LogP contribution in [0.3, 0.4) is 0 Å². The van der Waals surface area contributed by atoms with E-state index in [1.165, 1.54) is 5.56 Å². The van der Waals surface area contributed by atoms with Crippen molar-refractivity contribution in [3.63, 3.8) is 0 Å². The topological polar surface area (TPSA) is 9.23 Å². The maximum Gasteiger partial charge on any atom is 0.123 e. The Morgan fingerprint density at radius 2 is 2.20 bits per heavy atom. The van der Waals surface area contributed by atoms with E-state index in [2.05, 4.69) is 42.4 Å². The van der Waals surface area contributed by atoms with Crippen LogP contribution in [0.5, 0.6) is 5.75 Å². The van der Waals surface area contributed by atoms with Crippen LogP contribution in [0.2, 0.25) is 0 Å². The lowest BCUT2D eigenvalue weighted by molar-refractivity contribution is 0.354. The number of ether oxygens (including phenoxy) is 1. The molecule has 1 rings (SSSR count). The van der Waals surface area contributed by atoms with Gasteiger partial charge in [0.1, 0.15) is 12.4 Å². The van der Waals surface area contributed by atoms with Crippen LogP contribution in [-0.2, 0) is 0 Å². The molecule has 0 heterocycles. The number of hydrogen-bond acceptors (Lipinski definition) is 1. The lowest BCUT2D eigenvalue weighted by atomic mass is 10.0. The number of hydrogen-bond donors (Lipinski definition) is 0. The highest BCUT2D eigenvalue weighted by atomic mass is 79.9. The number of halogens is 2. The maximum absolute atomic E-state index is 5.66. The van der Waals surface area contributed by atoms with E-state index in [0.29, 0.717) is 17.6 Å². The lowest BCUT2D eigenvalue weighted by Gasteiger charge is -2.14. The molecule has 0 fully saturated rings. The van der Waals surface area contributed by atoms with E-state index in [1.54, 1.807) is 0 Å². The molecule has 1 nitrogen and oxygen atoms in total. The summed E-state index contributed by atoms with van der Waals surface area (Å²) in [6, 6.07) is 5.97. The first kappa shape index (κ1) is 12.6. The van der Waals surface area contributed by atoms with Crippen molar-refractivity contribution in [3.8, 4) is 5.75 Å². The van der Waals surface area contributed by atoms with Gasteiger partial charge < -0.3 is 4.74 Å². The second-order valence-corrected chi connectivity index (χ2v) is 5.09. The normalized spacial score (nSPS) is 10.5. The molecule has 0 aliphatic rings. The molecular weight excluding hydrogens is 275 g/mol. The van der Waals surface area contributed by atoms with Crippen molar-refractivity contribution in [3.05, 3.63) is 39.8 Å². The Hall–Kier alpha value is -0.470. The Balaban J connectivity index is 2.90. The van der Waals surface area contributed by atoms with Gasteiger partial charge in [-0.2, -0.15) is 0 Å². The molecule has 0 aliphatic carbocycles. The molecule has 0 unspecified atom stereocenters. The van der Waals surface area contributed by atoms with E-state index in [9.17, 15) is 0 Å². The number of rotatable bonds is 4. The Morgan fingerprint density at radius 1 is 1.53 bits per heavy atom. The zero-order chi connectivity index (χ0) is 11.4. The molecule has 0 saturated carbocycles. The molecule has 3 heteroatoms. The van der Waals surface area contributed by atoms with Gasteiger partial charge in [-0.1, -0.05) is 48.0 Å². The summed E-state index contributed by atoms with van der Waals surface area (Å²) in [4.78, 5) is 0. The molecule has 0 radical (unpaired) electrons. The quantitative estimate of drug-likeness (QED) is 0.780. The van der Waals surface area contributed by atoms with Crippen molar-refractivity contribution in [2.45, 2.75) is 19.8 Å². The Kier molecular flexibility index (Phi) is 4.68. The first-order valence-electron chi connectivity index (χ1n) is 4.76. The summed E-state index contributed by atoms with van der Waals surface area (Å²) in [7, 11) is 0. The molecule has 0 aliphatic heterocycles. The Bertz CT molecular complexity index is 361. The van der Waals surface area contributed by atoms with Gasteiger partial charge in [-0.15, -0.1) is 0 Å². The van der Waals surface area contributed by atoms with Crippen molar-refractivity contribution < 1.29 is 4.74 Å². The van der Waals surface area contributed by atoms with Crippen LogP contribution in [-0.4, -0.2) is 6.61 Å². The molecule has 0 aromatic heterocycles. The third-order valence-electron chi connectivity index (χ3n) is 1.98. The molecule has 0 atom stereocenters. The Labute approximate surface area is 104 Å². The summed E-state index contributed by atoms with van der Waals surface area (Å²) in [5.41, 5.74) is 1.17. The standard InChI is InChI=1S/C12H14BrClO/c1-8(2)11-6-10(13)4-5-12(11)15-7-9(3)14/h4-6,8H,3,7H2,1-2H3. The van der Waals surface area contributed by atoms with Gasteiger partial charge in [0, 0.05) is 9.51 Å². The molecule has 1 aromatic carbocycles. The van der Waals surface area contributed by atoms with Crippen molar-refractivity contribution in [2.75, 3.05) is 6.61 Å². The van der Waals surface area contributed by atoms with Crippen LogP contribution in [0.1, 0.15) is 25.3 Å². The fraction of sp³-hybridized carbons (Fsp3) is 0.333. The van der Waals surface area contributed by atoms with E-state index in [4.69, 9.17) is 16.3 Å². The van der Waals surface area contributed by atoms with Crippen molar-refractivity contribution in [1.29, 1.82) is 0 Å². The fourth-order valence-electron chi connectivity index (χ4n) is 1.26. The SMILES string of the molecule is C=C(Cl)COc1ccc(Br)cc1C(C)C. The summed E-state index contributed by atoms with van der Waals surface area (Å²) in [5, 5.41) is 0.507. The zero-order valence-corrected chi connectivity index (χ0v) is 11.2. The summed E-state index contributed by atoms with van der Waals surface area (Å²) in [5.74, 6) is 1.29. The average Bonchev–Trinajstić information content (AvgIpc) is 2.15. The van der Waals surface area contributed by atoms with E-state index in [0.717, 1.165) is 10.2 Å². The number of benzene rings is 1. The molecule has 0 amide bonds. The smallest absolute Gasteiger partial charge is 0.123 e. The predicted octanol–water partition coefficient (Wildman–Crippen LogP) is 4.70. The predicted molar refractivity (Wildman–Crippen MR) is 68.7 cm³/mol. The van der Waals surface area contributed by atoms with Crippen LogP contribution < -0.4 is 4.74 Å². The van der Waals surface area contributed by atoms with Gasteiger partial charge in [-0.05, 0) is 29.7 Å². The van der Waals surface area contributed by atoms with E-state index < -0.39 is 0 Å². The van der Waals surface area contributed by atoms with Crippen molar-refractivity contribution >= 4 is 27.5 Å². The van der Waals surface area contributed by atoms with Crippen molar-refractivity contribution in [1.82, 2.24) is 0 Å². The third kappa shape index (κ3) is 3.88. The second-order valence-electron chi connectivity index (χ2n) is 3.64. The van der Waals surface area contributed by atoms with Crippen LogP contribution in [0.25, 0.3) is 0 Å². The maximum atomic E-state index is 5.66. The largest absolute Gasteiger partial charge is 0.488 e. The monoisotopic (exact) mass is 288 g/mol. The summed E-state index contributed by atoms with van der Waals surface area (Å²) in [6.07, 6.45) is 0. The first-order chi connectivity index (χ1) is 7.00. The molecule has 0 saturated heterocycles. The molecule has 0 N–H and O–H groups in total. The van der Waals surface area contributed by atoms with Crippen LogP contribution in [0.15, 0.2) is 34.3 Å². The average molecular weight is 290 g/mol. The fourth-order valence-corrected chi connectivity index (χ4v) is 1.69. The van der Waals surface area contributed by atoms with E-state index in [1.807, 2.05) is 12.1 Å². The zero-order valence-electron chi connectivity index (χ0n) is 8.89. The third-order valence-corrected chi connectivity index (χ3v) is 2.58. The van der Waals surface area contributed by atoms with Gasteiger partial charge in [0.2, 0.25) is 0 Å².